The maximum absolute atomic E-state index is 14.3. The maximum Gasteiger partial charge on any atom is 0.416 e. The maximum atomic E-state index is 14.3. The molecule has 1 aliphatic heterocycles. The molecule has 4 aromatic rings. The summed E-state index contributed by atoms with van der Waals surface area (Å²) in [5.74, 6) is -2.93. The van der Waals surface area contributed by atoms with Crippen molar-refractivity contribution in [3.8, 4) is 5.69 Å². The number of aromatic nitrogens is 2. The minimum atomic E-state index is -4.68. The van der Waals surface area contributed by atoms with Crippen molar-refractivity contribution in [1.29, 1.82) is 0 Å². The number of hydrogen-bond donors (Lipinski definition) is 2. The van der Waals surface area contributed by atoms with E-state index < -0.39 is 47.4 Å². The fourth-order valence-corrected chi connectivity index (χ4v) is 5.67. The fourth-order valence-electron chi connectivity index (χ4n) is 5.67. The number of amides is 3. The molecule has 238 valence electrons. The van der Waals surface area contributed by atoms with Crippen molar-refractivity contribution in [3.05, 3.63) is 125 Å². The highest BCUT2D eigenvalue weighted by Crippen LogP contribution is 2.45. The first-order valence-corrected chi connectivity index (χ1v) is 14.6. The summed E-state index contributed by atoms with van der Waals surface area (Å²) in [4.78, 5) is 41.9. The van der Waals surface area contributed by atoms with Crippen molar-refractivity contribution in [2.24, 2.45) is 0 Å². The van der Waals surface area contributed by atoms with Crippen LogP contribution in [0.5, 0.6) is 0 Å². The molecule has 3 amide bonds. The Morgan fingerprint density at radius 3 is 2.35 bits per heavy atom. The molecule has 1 aromatic heterocycles. The van der Waals surface area contributed by atoms with Crippen LogP contribution in [-0.4, -0.2) is 40.1 Å². The van der Waals surface area contributed by atoms with Gasteiger partial charge in [-0.2, -0.15) is 18.3 Å². The van der Waals surface area contributed by atoms with Crippen LogP contribution in [0.4, 0.5) is 23.4 Å². The number of rotatable bonds is 8. The zero-order valence-corrected chi connectivity index (χ0v) is 25.2. The minimum absolute atomic E-state index is 0.148. The molecule has 0 radical (unpaired) electrons. The largest absolute Gasteiger partial charge is 0.416 e. The number of nitrogens with one attached hydrogen (secondary N) is 2. The average molecular weight is 634 g/mol. The highest BCUT2D eigenvalue weighted by atomic mass is 19.4. The molecule has 0 unspecified atom stereocenters. The molecule has 46 heavy (non-hydrogen) atoms. The topological polar surface area (TPSA) is 96.3 Å². The minimum Gasteiger partial charge on any atom is -0.344 e. The quantitative estimate of drug-likeness (QED) is 0.182. The number of alkyl halides is 3. The van der Waals surface area contributed by atoms with Crippen LogP contribution >= 0.6 is 0 Å². The first-order chi connectivity index (χ1) is 21.9. The third-order valence-corrected chi connectivity index (χ3v) is 7.73. The molecule has 2 heterocycles. The highest BCUT2D eigenvalue weighted by molar-refractivity contribution is 6.05. The zero-order valence-electron chi connectivity index (χ0n) is 25.2. The lowest BCUT2D eigenvalue weighted by Gasteiger charge is -2.39. The third kappa shape index (κ3) is 6.28. The summed E-state index contributed by atoms with van der Waals surface area (Å²) < 4.78 is 56.1. The summed E-state index contributed by atoms with van der Waals surface area (Å²) >= 11 is 0. The van der Waals surface area contributed by atoms with Gasteiger partial charge in [0.05, 0.1) is 23.0 Å². The van der Waals surface area contributed by atoms with Gasteiger partial charge in [-0.3, -0.25) is 19.3 Å². The number of carbonyl (C=O) groups is 3. The number of allylic oxidation sites excluding steroid dienone is 1. The summed E-state index contributed by atoms with van der Waals surface area (Å²) in [5, 5.41) is 10.4. The monoisotopic (exact) mass is 633 g/mol. The molecule has 2 N–H and O–H groups in total. The summed E-state index contributed by atoms with van der Waals surface area (Å²) in [7, 11) is 0. The van der Waals surface area contributed by atoms with Gasteiger partial charge in [0, 0.05) is 23.6 Å². The van der Waals surface area contributed by atoms with E-state index in [1.54, 1.807) is 55.8 Å². The Kier molecular flexibility index (Phi) is 9.08. The number of likely N-dealkylation sites (N-methyl/N-ethyl adjacent to an activating group) is 1. The van der Waals surface area contributed by atoms with Gasteiger partial charge >= 0.3 is 6.18 Å². The molecule has 0 aliphatic carbocycles. The van der Waals surface area contributed by atoms with Crippen LogP contribution in [0.1, 0.15) is 65.5 Å². The summed E-state index contributed by atoms with van der Waals surface area (Å²) in [6.07, 6.45) is -1.75. The second kappa shape index (κ2) is 13.0. The molecule has 0 fully saturated rings. The first kappa shape index (κ1) is 32.1. The number of benzene rings is 3. The lowest BCUT2D eigenvalue weighted by Crippen LogP contribution is -2.55. The average Bonchev–Trinajstić information content (AvgIpc) is 3.42. The van der Waals surface area contributed by atoms with Gasteiger partial charge < -0.3 is 10.6 Å². The van der Waals surface area contributed by atoms with Crippen LogP contribution in [0.25, 0.3) is 5.69 Å². The van der Waals surface area contributed by atoms with E-state index in [-0.39, 0.29) is 18.0 Å². The second-order valence-electron chi connectivity index (χ2n) is 10.7. The highest BCUT2D eigenvalue weighted by Gasteiger charge is 2.47. The molecule has 8 nitrogen and oxygen atoms in total. The predicted molar refractivity (Wildman–Crippen MR) is 164 cm³/mol. The smallest absolute Gasteiger partial charge is 0.344 e. The third-order valence-electron chi connectivity index (χ3n) is 7.73. The molecule has 0 spiro atoms. The van der Waals surface area contributed by atoms with Crippen LogP contribution in [0.15, 0.2) is 91.0 Å². The van der Waals surface area contributed by atoms with Crippen LogP contribution < -0.4 is 15.5 Å². The van der Waals surface area contributed by atoms with E-state index in [0.717, 1.165) is 18.2 Å². The lowest BCUT2D eigenvalue weighted by molar-refractivity contribution is -0.137. The Bertz CT molecular complexity index is 1780. The van der Waals surface area contributed by atoms with E-state index >= 15 is 0 Å². The summed E-state index contributed by atoms with van der Waals surface area (Å²) in [6.45, 7) is 5.31. The predicted octanol–water partition coefficient (Wildman–Crippen LogP) is 6.08. The van der Waals surface area contributed by atoms with E-state index in [0.29, 0.717) is 28.3 Å². The van der Waals surface area contributed by atoms with Gasteiger partial charge in [0.1, 0.15) is 17.7 Å². The zero-order chi connectivity index (χ0) is 33.2. The van der Waals surface area contributed by atoms with Gasteiger partial charge in [0.25, 0.3) is 11.8 Å². The van der Waals surface area contributed by atoms with Crippen LogP contribution in [-0.2, 0) is 15.8 Å². The van der Waals surface area contributed by atoms with Gasteiger partial charge in [-0.15, -0.1) is 0 Å². The standard InChI is InChI=1S/C34H31F4N5O3/c1-4-10-26(44)39-20(3)29-28-27(21-15-17-24(35)18-16-21)30(40-31(45)22-11-9-12-23(19-22)34(36,37)38)33(46)42(5-2)32(28)43(41-29)25-13-7-6-8-14-25/h4,6-20,27,30H,5H2,1-3H3,(H,39,44)(H,40,45)/b10-4+/t20-,27-,30-/m0/s1. The second-order valence-corrected chi connectivity index (χ2v) is 10.7. The number of hydrogen-bond acceptors (Lipinski definition) is 4. The van der Waals surface area contributed by atoms with Crippen LogP contribution in [0.3, 0.4) is 0 Å². The van der Waals surface area contributed by atoms with Crippen molar-refractivity contribution in [3.63, 3.8) is 0 Å². The van der Waals surface area contributed by atoms with Crippen LogP contribution in [0, 0.1) is 5.82 Å². The van der Waals surface area contributed by atoms with E-state index in [9.17, 15) is 31.9 Å². The Morgan fingerprint density at radius 1 is 1.02 bits per heavy atom. The summed E-state index contributed by atoms with van der Waals surface area (Å²) in [5.41, 5.74) is 0.630. The van der Waals surface area contributed by atoms with E-state index in [2.05, 4.69) is 10.6 Å². The van der Waals surface area contributed by atoms with E-state index in [1.807, 2.05) is 6.07 Å². The van der Waals surface area contributed by atoms with Gasteiger partial charge in [-0.25, -0.2) is 9.07 Å². The number of halogens is 4. The summed E-state index contributed by atoms with van der Waals surface area (Å²) in [6, 6.07) is 16.3. The van der Waals surface area contributed by atoms with E-state index in [4.69, 9.17) is 5.10 Å². The number of para-hydroxylation sites is 1. The molecule has 1 aliphatic rings. The molecule has 3 atom stereocenters. The Balaban J connectivity index is 1.72. The SMILES string of the molecule is C/C=C/C(=O)N[C@@H](C)c1nn(-c2ccccc2)c2c1[C@H](c1ccc(F)cc1)[C@H](NC(=O)c1cccc(C(F)(F)F)c1)C(=O)N2CC. The lowest BCUT2D eigenvalue weighted by atomic mass is 9.80. The van der Waals surface area contributed by atoms with Gasteiger partial charge in [0.15, 0.2) is 0 Å². The van der Waals surface area contributed by atoms with Gasteiger partial charge in [-0.05, 0) is 74.9 Å². The van der Waals surface area contributed by atoms with Crippen molar-refractivity contribution in [2.75, 3.05) is 11.4 Å². The Labute approximate surface area is 262 Å². The molecule has 5 rings (SSSR count). The van der Waals surface area contributed by atoms with Crippen molar-refractivity contribution < 1.29 is 31.9 Å². The molecule has 3 aromatic carbocycles. The van der Waals surface area contributed by atoms with Gasteiger partial charge in [-0.1, -0.05) is 42.5 Å². The fraction of sp³-hybridized carbons (Fsp3) is 0.235. The van der Waals surface area contributed by atoms with Gasteiger partial charge in [0.2, 0.25) is 5.91 Å². The molecular weight excluding hydrogens is 602 g/mol. The Hall–Kier alpha value is -5.26. The number of carbonyl (C=O) groups excluding carboxylic acids is 3. The molecule has 0 bridgehead atoms. The van der Waals surface area contributed by atoms with Crippen molar-refractivity contribution >= 4 is 23.5 Å². The van der Waals surface area contributed by atoms with Crippen molar-refractivity contribution in [1.82, 2.24) is 20.4 Å². The normalized spacial score (nSPS) is 17.1. The first-order valence-electron chi connectivity index (χ1n) is 14.6. The number of nitrogens with zero attached hydrogens (tertiary/aromatic N) is 3. The molecule has 0 saturated carbocycles. The molecular formula is C34H31F4N5O3. The number of fused-ring (bicyclic) bond motifs is 1. The van der Waals surface area contributed by atoms with Crippen molar-refractivity contribution in [2.45, 2.75) is 44.9 Å². The van der Waals surface area contributed by atoms with Crippen LogP contribution in [0.2, 0.25) is 0 Å². The Morgan fingerprint density at radius 2 is 1.72 bits per heavy atom. The van der Waals surface area contributed by atoms with E-state index in [1.165, 1.54) is 41.3 Å². The number of anilines is 1. The molecule has 12 heteroatoms. The molecule has 0 saturated heterocycles.